The van der Waals surface area contributed by atoms with Gasteiger partial charge in [-0.05, 0) is 17.7 Å². The highest BCUT2D eigenvalue weighted by atomic mass is 19.2. The van der Waals surface area contributed by atoms with Crippen molar-refractivity contribution in [3.63, 3.8) is 0 Å². The topological polar surface area (TPSA) is 78.0 Å². The molecular formula is C13H11F2N3O2. The number of halogens is 2. The third-order valence-electron chi connectivity index (χ3n) is 3.38. The van der Waals surface area contributed by atoms with Crippen molar-refractivity contribution < 1.29 is 18.7 Å². The molecule has 1 aromatic carbocycles. The Balaban J connectivity index is 2.03. The summed E-state index contributed by atoms with van der Waals surface area (Å²) in [5, 5.41) is 12.0. The summed E-state index contributed by atoms with van der Waals surface area (Å²) in [7, 11) is 0. The van der Waals surface area contributed by atoms with Gasteiger partial charge in [-0.25, -0.2) is 13.8 Å². The maximum atomic E-state index is 13.3. The number of rotatable bonds is 2. The molecule has 2 heterocycles. The second-order valence-electron chi connectivity index (χ2n) is 4.63. The van der Waals surface area contributed by atoms with Crippen LogP contribution in [-0.4, -0.2) is 27.1 Å². The van der Waals surface area contributed by atoms with Crippen LogP contribution in [-0.2, 0) is 11.2 Å². The van der Waals surface area contributed by atoms with Crippen LogP contribution in [0.15, 0.2) is 24.5 Å². The summed E-state index contributed by atoms with van der Waals surface area (Å²) in [6.07, 6.45) is 1.73. The molecule has 1 aliphatic rings. The van der Waals surface area contributed by atoms with Crippen molar-refractivity contribution in [3.05, 3.63) is 53.1 Å². The van der Waals surface area contributed by atoms with Gasteiger partial charge in [-0.15, -0.1) is 0 Å². The highest BCUT2D eigenvalue weighted by Gasteiger charge is 2.33. The van der Waals surface area contributed by atoms with Crippen LogP contribution in [0.5, 0.6) is 0 Å². The Morgan fingerprint density at radius 3 is 2.85 bits per heavy atom. The average Bonchev–Trinajstić information content (AvgIpc) is 2.89. The first kappa shape index (κ1) is 12.7. The Morgan fingerprint density at radius 1 is 1.35 bits per heavy atom. The largest absolute Gasteiger partial charge is 0.480 e. The van der Waals surface area contributed by atoms with Crippen molar-refractivity contribution in [2.75, 3.05) is 0 Å². The molecule has 0 fully saturated rings. The van der Waals surface area contributed by atoms with Crippen LogP contribution >= 0.6 is 0 Å². The monoisotopic (exact) mass is 279 g/mol. The van der Waals surface area contributed by atoms with Gasteiger partial charge in [-0.2, -0.15) is 0 Å². The molecule has 2 atom stereocenters. The number of imidazole rings is 1. The fraction of sp³-hybridized carbons (Fsp3) is 0.231. The van der Waals surface area contributed by atoms with Crippen LogP contribution in [0.3, 0.4) is 0 Å². The molecule has 1 aliphatic heterocycles. The molecule has 0 unspecified atom stereocenters. The van der Waals surface area contributed by atoms with Gasteiger partial charge in [0.1, 0.15) is 6.04 Å². The van der Waals surface area contributed by atoms with Crippen molar-refractivity contribution in [2.24, 2.45) is 0 Å². The van der Waals surface area contributed by atoms with Crippen LogP contribution < -0.4 is 5.32 Å². The molecule has 2 aromatic rings. The van der Waals surface area contributed by atoms with E-state index >= 15 is 0 Å². The lowest BCUT2D eigenvalue weighted by Gasteiger charge is -2.28. The summed E-state index contributed by atoms with van der Waals surface area (Å²) in [5.74, 6) is -2.92. The Labute approximate surface area is 112 Å². The molecule has 0 aliphatic carbocycles. The SMILES string of the molecule is O=C(O)[C@H]1Cc2[nH]cnc2[C@@H](c2ccc(F)c(F)c2)N1. The predicted molar refractivity (Wildman–Crippen MR) is 65.1 cm³/mol. The summed E-state index contributed by atoms with van der Waals surface area (Å²) in [4.78, 5) is 18.2. The minimum atomic E-state index is -1.00. The lowest BCUT2D eigenvalue weighted by Crippen LogP contribution is -2.45. The summed E-state index contributed by atoms with van der Waals surface area (Å²) >= 11 is 0. The molecule has 0 amide bonds. The number of carboxylic acids is 1. The lowest BCUT2D eigenvalue weighted by atomic mass is 9.94. The van der Waals surface area contributed by atoms with Crippen LogP contribution in [0, 0.1) is 11.6 Å². The Morgan fingerprint density at radius 2 is 2.15 bits per heavy atom. The number of benzene rings is 1. The number of hydrogen-bond acceptors (Lipinski definition) is 3. The van der Waals surface area contributed by atoms with E-state index in [1.807, 2.05) is 0 Å². The molecule has 3 N–H and O–H groups in total. The average molecular weight is 279 g/mol. The van der Waals surface area contributed by atoms with E-state index in [1.54, 1.807) is 0 Å². The summed E-state index contributed by atoms with van der Waals surface area (Å²) in [6, 6.07) is 2.10. The molecular weight excluding hydrogens is 268 g/mol. The molecule has 3 rings (SSSR count). The zero-order valence-electron chi connectivity index (χ0n) is 10.2. The second-order valence-corrected chi connectivity index (χ2v) is 4.63. The minimum absolute atomic E-state index is 0.269. The van der Waals surface area contributed by atoms with E-state index in [0.717, 1.165) is 12.1 Å². The van der Waals surface area contributed by atoms with Crippen LogP contribution in [0.2, 0.25) is 0 Å². The highest BCUT2D eigenvalue weighted by molar-refractivity contribution is 5.74. The van der Waals surface area contributed by atoms with Gasteiger partial charge in [0.2, 0.25) is 0 Å². The van der Waals surface area contributed by atoms with Crippen LogP contribution in [0.4, 0.5) is 8.78 Å². The standard InChI is InChI=1S/C13H11F2N3O2/c14-7-2-1-6(3-8(7)15)11-12-9(16-5-17-12)4-10(18-11)13(19)20/h1-3,5,10-11,18H,4H2,(H,16,17)(H,19,20)/t10-,11-/m1/s1. The predicted octanol–water partition coefficient (Wildman–Crippen LogP) is 1.38. The van der Waals surface area contributed by atoms with Gasteiger partial charge in [0.15, 0.2) is 11.6 Å². The van der Waals surface area contributed by atoms with E-state index in [1.165, 1.54) is 12.4 Å². The first-order valence-corrected chi connectivity index (χ1v) is 6.02. The molecule has 0 saturated carbocycles. The van der Waals surface area contributed by atoms with E-state index < -0.39 is 29.7 Å². The summed E-state index contributed by atoms with van der Waals surface area (Å²) in [6.45, 7) is 0. The second kappa shape index (κ2) is 4.68. The Kier molecular flexibility index (Phi) is 2.98. The van der Waals surface area contributed by atoms with Gasteiger partial charge in [0, 0.05) is 12.1 Å². The maximum absolute atomic E-state index is 13.3. The molecule has 0 bridgehead atoms. The fourth-order valence-electron chi connectivity index (χ4n) is 2.39. The number of aromatic nitrogens is 2. The molecule has 7 heteroatoms. The molecule has 104 valence electrons. The number of carboxylic acid groups (broad SMARTS) is 1. The Hall–Kier alpha value is -2.28. The van der Waals surface area contributed by atoms with Crippen molar-refractivity contribution in [3.8, 4) is 0 Å². The molecule has 20 heavy (non-hydrogen) atoms. The molecule has 0 saturated heterocycles. The number of fused-ring (bicyclic) bond motifs is 1. The normalized spacial score (nSPS) is 21.5. The maximum Gasteiger partial charge on any atom is 0.321 e. The van der Waals surface area contributed by atoms with Gasteiger partial charge in [-0.3, -0.25) is 10.1 Å². The number of aliphatic carboxylic acids is 1. The lowest BCUT2D eigenvalue weighted by molar-refractivity contribution is -0.139. The summed E-state index contributed by atoms with van der Waals surface area (Å²) in [5.41, 5.74) is 1.72. The number of nitrogens with one attached hydrogen (secondary N) is 2. The van der Waals surface area contributed by atoms with Gasteiger partial charge in [0.25, 0.3) is 0 Å². The van der Waals surface area contributed by atoms with Crippen LogP contribution in [0.1, 0.15) is 23.0 Å². The van der Waals surface area contributed by atoms with Crippen molar-refractivity contribution >= 4 is 5.97 Å². The number of hydrogen-bond donors (Lipinski definition) is 3. The van der Waals surface area contributed by atoms with E-state index in [2.05, 4.69) is 15.3 Å². The number of aromatic amines is 1. The number of nitrogens with zero attached hydrogens (tertiary/aromatic N) is 1. The van der Waals surface area contributed by atoms with E-state index in [0.29, 0.717) is 17.0 Å². The zero-order chi connectivity index (χ0) is 14.3. The van der Waals surface area contributed by atoms with Gasteiger partial charge in [0.05, 0.1) is 18.1 Å². The zero-order valence-corrected chi connectivity index (χ0v) is 10.2. The third-order valence-corrected chi connectivity index (χ3v) is 3.38. The molecule has 0 spiro atoms. The minimum Gasteiger partial charge on any atom is -0.480 e. The number of carbonyl (C=O) groups is 1. The van der Waals surface area contributed by atoms with Crippen LogP contribution in [0.25, 0.3) is 0 Å². The molecule has 0 radical (unpaired) electrons. The molecule has 5 nitrogen and oxygen atoms in total. The first-order valence-electron chi connectivity index (χ1n) is 6.02. The quantitative estimate of drug-likeness (QED) is 0.776. The fourth-order valence-corrected chi connectivity index (χ4v) is 2.39. The first-order chi connectivity index (χ1) is 9.56. The summed E-state index contributed by atoms with van der Waals surface area (Å²) < 4.78 is 26.3. The van der Waals surface area contributed by atoms with Gasteiger partial charge >= 0.3 is 5.97 Å². The van der Waals surface area contributed by atoms with E-state index in [9.17, 15) is 13.6 Å². The number of H-pyrrole nitrogens is 1. The van der Waals surface area contributed by atoms with E-state index in [-0.39, 0.29) is 6.42 Å². The van der Waals surface area contributed by atoms with Crippen molar-refractivity contribution in [1.82, 2.24) is 15.3 Å². The van der Waals surface area contributed by atoms with Crippen molar-refractivity contribution in [2.45, 2.75) is 18.5 Å². The van der Waals surface area contributed by atoms with Gasteiger partial charge < -0.3 is 10.1 Å². The van der Waals surface area contributed by atoms with Gasteiger partial charge in [-0.1, -0.05) is 6.07 Å². The van der Waals surface area contributed by atoms with E-state index in [4.69, 9.17) is 5.11 Å². The highest BCUT2D eigenvalue weighted by Crippen LogP contribution is 2.29. The molecule has 1 aromatic heterocycles. The Bertz CT molecular complexity index is 671. The van der Waals surface area contributed by atoms with Crippen molar-refractivity contribution in [1.29, 1.82) is 0 Å². The third kappa shape index (κ3) is 2.05. The smallest absolute Gasteiger partial charge is 0.321 e.